The standard InChI is InChI=1S/C29H31N5OS2/c35-27(33-20-18-32(19-21-33)17-7-12-24-10-3-1-4-11-24)16-9-23-37-29-31-30-28(26-15-8-22-36-26)34(29)25-13-5-2-6-14-25/h1-8,10-15,22H,9,16-21,23H2/b12-7+. The van der Waals surface area contributed by atoms with Gasteiger partial charge in [0, 0.05) is 50.6 Å². The van der Waals surface area contributed by atoms with Crippen molar-refractivity contribution in [2.75, 3.05) is 38.5 Å². The lowest BCUT2D eigenvalue weighted by molar-refractivity contribution is -0.132. The molecule has 3 heterocycles. The molecule has 0 atom stereocenters. The molecular weight excluding hydrogens is 498 g/mol. The van der Waals surface area contributed by atoms with E-state index in [0.717, 1.165) is 66.4 Å². The highest BCUT2D eigenvalue weighted by atomic mass is 32.2. The first-order valence-electron chi connectivity index (χ1n) is 12.7. The van der Waals surface area contributed by atoms with Crippen molar-refractivity contribution in [1.82, 2.24) is 24.6 Å². The van der Waals surface area contributed by atoms with Gasteiger partial charge in [0.25, 0.3) is 0 Å². The zero-order valence-corrected chi connectivity index (χ0v) is 22.4. The summed E-state index contributed by atoms with van der Waals surface area (Å²) < 4.78 is 2.11. The second-order valence-electron chi connectivity index (χ2n) is 8.90. The van der Waals surface area contributed by atoms with Crippen LogP contribution in [-0.2, 0) is 4.79 Å². The molecule has 1 fully saturated rings. The summed E-state index contributed by atoms with van der Waals surface area (Å²) in [5, 5.41) is 11.9. The van der Waals surface area contributed by atoms with Gasteiger partial charge in [0.1, 0.15) is 0 Å². The number of hydrogen-bond acceptors (Lipinski definition) is 6. The monoisotopic (exact) mass is 529 g/mol. The molecule has 0 bridgehead atoms. The van der Waals surface area contributed by atoms with Crippen LogP contribution in [0.1, 0.15) is 18.4 Å². The summed E-state index contributed by atoms with van der Waals surface area (Å²) in [4.78, 5) is 18.3. The third kappa shape index (κ3) is 6.77. The Morgan fingerprint density at radius 3 is 2.41 bits per heavy atom. The van der Waals surface area contributed by atoms with Gasteiger partial charge >= 0.3 is 0 Å². The van der Waals surface area contributed by atoms with Gasteiger partial charge in [0.05, 0.1) is 4.88 Å². The molecule has 2 aromatic heterocycles. The van der Waals surface area contributed by atoms with Crippen LogP contribution < -0.4 is 0 Å². The number of hydrogen-bond donors (Lipinski definition) is 0. The zero-order valence-electron chi connectivity index (χ0n) is 20.8. The molecule has 0 unspecified atom stereocenters. The molecule has 0 radical (unpaired) electrons. The summed E-state index contributed by atoms with van der Waals surface area (Å²) in [6, 6.07) is 24.7. The third-order valence-electron chi connectivity index (χ3n) is 6.35. The predicted octanol–water partition coefficient (Wildman–Crippen LogP) is 5.73. The fraction of sp³-hybridized carbons (Fsp3) is 0.276. The van der Waals surface area contributed by atoms with Crippen molar-refractivity contribution in [2.45, 2.75) is 18.0 Å². The van der Waals surface area contributed by atoms with Crippen molar-refractivity contribution in [3.8, 4) is 16.4 Å². The molecule has 37 heavy (non-hydrogen) atoms. The average molecular weight is 530 g/mol. The lowest BCUT2D eigenvalue weighted by Gasteiger charge is -2.34. The Kier molecular flexibility index (Phi) is 8.84. The Morgan fingerprint density at radius 1 is 0.919 bits per heavy atom. The third-order valence-corrected chi connectivity index (χ3v) is 8.23. The number of carbonyl (C=O) groups excluding carboxylic acids is 1. The Hall–Kier alpha value is -3.20. The van der Waals surface area contributed by atoms with Crippen molar-refractivity contribution >= 4 is 35.1 Å². The number of rotatable bonds is 10. The van der Waals surface area contributed by atoms with Gasteiger partial charge in [-0.3, -0.25) is 14.3 Å². The van der Waals surface area contributed by atoms with E-state index in [4.69, 9.17) is 0 Å². The van der Waals surface area contributed by atoms with Gasteiger partial charge < -0.3 is 4.90 Å². The summed E-state index contributed by atoms with van der Waals surface area (Å²) in [6.07, 6.45) is 5.76. The van der Waals surface area contributed by atoms with E-state index in [-0.39, 0.29) is 5.91 Å². The number of nitrogens with zero attached hydrogens (tertiary/aromatic N) is 5. The van der Waals surface area contributed by atoms with Crippen LogP contribution in [0.5, 0.6) is 0 Å². The quantitative estimate of drug-likeness (QED) is 0.194. The Labute approximate surface area is 226 Å². The molecule has 1 saturated heterocycles. The van der Waals surface area contributed by atoms with E-state index in [0.29, 0.717) is 6.42 Å². The van der Waals surface area contributed by atoms with E-state index in [1.807, 2.05) is 35.2 Å². The van der Waals surface area contributed by atoms with Crippen LogP contribution in [0.3, 0.4) is 0 Å². The Balaban J connectivity index is 1.08. The van der Waals surface area contributed by atoms with Crippen LogP contribution in [0.4, 0.5) is 0 Å². The molecule has 8 heteroatoms. The number of thiophene rings is 1. The Morgan fingerprint density at radius 2 is 1.68 bits per heavy atom. The van der Waals surface area contributed by atoms with E-state index in [1.54, 1.807) is 23.1 Å². The first-order valence-corrected chi connectivity index (χ1v) is 14.5. The molecule has 0 aliphatic carbocycles. The number of amides is 1. The maximum atomic E-state index is 12.8. The lowest BCUT2D eigenvalue weighted by atomic mass is 10.2. The predicted molar refractivity (Wildman–Crippen MR) is 153 cm³/mol. The average Bonchev–Trinajstić information content (AvgIpc) is 3.63. The second-order valence-corrected chi connectivity index (χ2v) is 10.9. The van der Waals surface area contributed by atoms with E-state index in [1.165, 1.54) is 5.56 Å². The van der Waals surface area contributed by atoms with Crippen molar-refractivity contribution in [3.63, 3.8) is 0 Å². The maximum absolute atomic E-state index is 12.8. The molecule has 2 aromatic carbocycles. The van der Waals surface area contributed by atoms with Crippen molar-refractivity contribution in [1.29, 1.82) is 0 Å². The van der Waals surface area contributed by atoms with Gasteiger partial charge in [-0.1, -0.05) is 78.5 Å². The highest BCUT2D eigenvalue weighted by Gasteiger charge is 2.21. The first kappa shape index (κ1) is 25.4. The summed E-state index contributed by atoms with van der Waals surface area (Å²) in [7, 11) is 0. The number of para-hydroxylation sites is 1. The topological polar surface area (TPSA) is 54.3 Å². The number of benzene rings is 2. The molecule has 0 saturated carbocycles. The van der Waals surface area contributed by atoms with Crippen LogP contribution in [-0.4, -0.2) is 68.9 Å². The van der Waals surface area contributed by atoms with Crippen LogP contribution in [0.2, 0.25) is 0 Å². The van der Waals surface area contributed by atoms with Gasteiger partial charge in [-0.05, 0) is 35.6 Å². The largest absolute Gasteiger partial charge is 0.340 e. The fourth-order valence-corrected chi connectivity index (χ4v) is 5.95. The summed E-state index contributed by atoms with van der Waals surface area (Å²) in [5.74, 6) is 1.94. The van der Waals surface area contributed by atoms with Crippen LogP contribution >= 0.6 is 23.1 Å². The van der Waals surface area contributed by atoms with Gasteiger partial charge in [0.2, 0.25) is 5.91 Å². The highest BCUT2D eigenvalue weighted by Crippen LogP contribution is 2.30. The zero-order chi connectivity index (χ0) is 25.3. The normalized spacial score (nSPS) is 14.4. The summed E-state index contributed by atoms with van der Waals surface area (Å²) >= 11 is 3.32. The minimum absolute atomic E-state index is 0.254. The van der Waals surface area contributed by atoms with Crippen molar-refractivity contribution in [3.05, 3.63) is 89.8 Å². The number of carbonyl (C=O) groups is 1. The molecule has 1 aliphatic heterocycles. The first-order chi connectivity index (χ1) is 18.3. The second kappa shape index (κ2) is 12.9. The van der Waals surface area contributed by atoms with Crippen LogP contribution in [0.25, 0.3) is 22.5 Å². The van der Waals surface area contributed by atoms with Gasteiger partial charge in [-0.25, -0.2) is 0 Å². The van der Waals surface area contributed by atoms with Crippen molar-refractivity contribution < 1.29 is 4.79 Å². The van der Waals surface area contributed by atoms with Gasteiger partial charge in [-0.15, -0.1) is 21.5 Å². The van der Waals surface area contributed by atoms with E-state index >= 15 is 0 Å². The van der Waals surface area contributed by atoms with Crippen LogP contribution in [0.15, 0.2) is 89.4 Å². The summed E-state index contributed by atoms with van der Waals surface area (Å²) in [5.41, 5.74) is 2.27. The van der Waals surface area contributed by atoms with E-state index < -0.39 is 0 Å². The molecular formula is C29H31N5OS2. The summed E-state index contributed by atoms with van der Waals surface area (Å²) in [6.45, 7) is 4.37. The molecule has 1 aliphatic rings. The lowest BCUT2D eigenvalue weighted by Crippen LogP contribution is -2.48. The number of aromatic nitrogens is 3. The number of piperazine rings is 1. The smallest absolute Gasteiger partial charge is 0.222 e. The maximum Gasteiger partial charge on any atom is 0.222 e. The molecule has 4 aromatic rings. The highest BCUT2D eigenvalue weighted by molar-refractivity contribution is 7.99. The van der Waals surface area contributed by atoms with E-state index in [9.17, 15) is 4.79 Å². The molecule has 1 amide bonds. The van der Waals surface area contributed by atoms with Crippen molar-refractivity contribution in [2.24, 2.45) is 0 Å². The fourth-order valence-electron chi connectivity index (χ4n) is 4.37. The Bertz CT molecular complexity index is 1280. The molecule has 0 N–H and O–H groups in total. The minimum Gasteiger partial charge on any atom is -0.340 e. The molecule has 0 spiro atoms. The molecule has 190 valence electrons. The van der Waals surface area contributed by atoms with Gasteiger partial charge in [0.15, 0.2) is 11.0 Å². The molecule has 5 rings (SSSR count). The minimum atomic E-state index is 0.254. The number of thioether (sulfide) groups is 1. The molecule has 6 nitrogen and oxygen atoms in total. The van der Waals surface area contributed by atoms with E-state index in [2.05, 4.69) is 79.7 Å². The van der Waals surface area contributed by atoms with Gasteiger partial charge in [-0.2, -0.15) is 0 Å². The SMILES string of the molecule is O=C(CCCSc1nnc(-c2cccs2)n1-c1ccccc1)N1CCN(C/C=C/c2ccccc2)CC1. The van der Waals surface area contributed by atoms with Crippen LogP contribution in [0, 0.1) is 0 Å².